The molecule has 0 amide bonds. The van der Waals surface area contributed by atoms with Crippen LogP contribution in [-0.4, -0.2) is 29.7 Å². The maximum absolute atomic E-state index is 13.0. The van der Waals surface area contributed by atoms with Crippen LogP contribution < -0.4 is 20.5 Å². The van der Waals surface area contributed by atoms with Crippen LogP contribution in [0, 0.1) is 4.77 Å². The van der Waals surface area contributed by atoms with Gasteiger partial charge in [-0.2, -0.15) is 0 Å². The van der Waals surface area contributed by atoms with E-state index in [1.165, 1.54) is 0 Å². The number of halogens is 1. The Morgan fingerprint density at radius 1 is 1.20 bits per heavy atom. The SMILES string of the molecule is CCOC(=O)C1=C(C)Nc2nc(=S)[nH]c(N)c2C1c1ccc(OCc2ccc(Cl)cc2)c(OC)c1. The van der Waals surface area contributed by atoms with Crippen LogP contribution in [0.25, 0.3) is 0 Å². The molecule has 4 rings (SSSR count). The van der Waals surface area contributed by atoms with Gasteiger partial charge < -0.3 is 30.2 Å². The highest BCUT2D eigenvalue weighted by molar-refractivity contribution is 7.71. The Labute approximate surface area is 213 Å². The van der Waals surface area contributed by atoms with Crippen molar-refractivity contribution in [2.24, 2.45) is 0 Å². The Balaban J connectivity index is 1.76. The summed E-state index contributed by atoms with van der Waals surface area (Å²) in [6.07, 6.45) is 0. The van der Waals surface area contributed by atoms with Gasteiger partial charge in [0.15, 0.2) is 16.3 Å². The number of rotatable bonds is 7. The lowest BCUT2D eigenvalue weighted by molar-refractivity contribution is -0.138. The lowest BCUT2D eigenvalue weighted by Gasteiger charge is -2.30. The van der Waals surface area contributed by atoms with Gasteiger partial charge >= 0.3 is 5.97 Å². The van der Waals surface area contributed by atoms with E-state index in [1.54, 1.807) is 27.0 Å². The fourth-order valence-corrected chi connectivity index (χ4v) is 4.36. The Bertz CT molecular complexity index is 1350. The number of benzene rings is 2. The monoisotopic (exact) mass is 512 g/mol. The van der Waals surface area contributed by atoms with Crippen LogP contribution in [0.4, 0.5) is 11.6 Å². The molecule has 0 spiro atoms. The van der Waals surface area contributed by atoms with Crippen molar-refractivity contribution in [3.63, 3.8) is 0 Å². The molecule has 8 nitrogen and oxygen atoms in total. The van der Waals surface area contributed by atoms with Crippen LogP contribution >= 0.6 is 23.8 Å². The third-order valence-electron chi connectivity index (χ3n) is 5.61. The smallest absolute Gasteiger partial charge is 0.336 e. The lowest BCUT2D eigenvalue weighted by atomic mass is 9.81. The number of nitrogens with one attached hydrogen (secondary N) is 2. The first-order chi connectivity index (χ1) is 16.8. The van der Waals surface area contributed by atoms with E-state index in [2.05, 4.69) is 15.3 Å². The number of aromatic nitrogens is 2. The zero-order valence-electron chi connectivity index (χ0n) is 19.5. The van der Waals surface area contributed by atoms with E-state index >= 15 is 0 Å². The molecule has 4 N–H and O–H groups in total. The van der Waals surface area contributed by atoms with Gasteiger partial charge in [0.25, 0.3) is 0 Å². The molecule has 1 aromatic heterocycles. The number of nitrogen functional groups attached to an aromatic ring is 1. The van der Waals surface area contributed by atoms with E-state index in [9.17, 15) is 4.79 Å². The molecule has 10 heteroatoms. The predicted molar refractivity (Wildman–Crippen MR) is 137 cm³/mol. The number of hydrogen-bond acceptors (Lipinski definition) is 8. The number of allylic oxidation sites excluding steroid dienone is 1. The number of hydrogen-bond donors (Lipinski definition) is 3. The number of carbonyl (C=O) groups excluding carboxylic acids is 1. The predicted octanol–water partition coefficient (Wildman–Crippen LogP) is 5.36. The van der Waals surface area contributed by atoms with Gasteiger partial charge in [0.2, 0.25) is 0 Å². The van der Waals surface area contributed by atoms with Crippen molar-refractivity contribution in [2.75, 3.05) is 24.8 Å². The molecule has 0 bridgehead atoms. The van der Waals surface area contributed by atoms with Gasteiger partial charge in [-0.05, 0) is 61.5 Å². The van der Waals surface area contributed by atoms with Gasteiger partial charge in [0, 0.05) is 16.3 Å². The van der Waals surface area contributed by atoms with Gasteiger partial charge in [-0.15, -0.1) is 0 Å². The van der Waals surface area contributed by atoms with Crippen LogP contribution in [0.1, 0.15) is 36.5 Å². The number of nitrogens with zero attached hydrogens (tertiary/aromatic N) is 1. The first-order valence-corrected chi connectivity index (χ1v) is 11.7. The third kappa shape index (κ3) is 5.11. The molecule has 0 radical (unpaired) electrons. The molecular weight excluding hydrogens is 488 g/mol. The summed E-state index contributed by atoms with van der Waals surface area (Å²) in [5.41, 5.74) is 9.68. The summed E-state index contributed by atoms with van der Waals surface area (Å²) in [5, 5.41) is 3.81. The molecular formula is C25H25ClN4O4S. The zero-order chi connectivity index (χ0) is 25.1. The average molecular weight is 513 g/mol. The van der Waals surface area contributed by atoms with E-state index in [1.807, 2.05) is 36.4 Å². The molecule has 0 saturated heterocycles. The molecule has 2 aromatic carbocycles. The summed E-state index contributed by atoms with van der Waals surface area (Å²) < 4.78 is 17.2. The van der Waals surface area contributed by atoms with Crippen molar-refractivity contribution < 1.29 is 19.0 Å². The molecule has 1 aliphatic heterocycles. The number of ether oxygens (including phenoxy) is 3. The van der Waals surface area contributed by atoms with Crippen LogP contribution in [0.5, 0.6) is 11.5 Å². The van der Waals surface area contributed by atoms with Gasteiger partial charge in [0.1, 0.15) is 18.2 Å². The Morgan fingerprint density at radius 3 is 2.63 bits per heavy atom. The number of esters is 1. The van der Waals surface area contributed by atoms with Crippen molar-refractivity contribution in [3.8, 4) is 11.5 Å². The third-order valence-corrected chi connectivity index (χ3v) is 6.06. The standard InChI is InChI=1S/C25H25ClN4O4S/c1-4-33-24(31)19-13(2)28-23-21(22(27)29-25(35)30-23)20(19)15-7-10-17(18(11-15)32-3)34-12-14-5-8-16(26)9-6-14/h5-11,20H,4,12H2,1-3H3,(H4,27,28,29,30,35). The number of fused-ring (bicyclic) bond motifs is 1. The van der Waals surface area contributed by atoms with E-state index in [0.717, 1.165) is 11.1 Å². The van der Waals surface area contributed by atoms with Gasteiger partial charge in [-0.25, -0.2) is 9.78 Å². The summed E-state index contributed by atoms with van der Waals surface area (Å²) in [6, 6.07) is 12.9. The first kappa shape index (κ1) is 24.6. The number of anilines is 2. The summed E-state index contributed by atoms with van der Waals surface area (Å²) in [6.45, 7) is 4.13. The molecule has 1 aliphatic rings. The summed E-state index contributed by atoms with van der Waals surface area (Å²) in [4.78, 5) is 20.3. The normalized spacial score (nSPS) is 14.7. The summed E-state index contributed by atoms with van der Waals surface area (Å²) in [5.74, 6) is 0.851. The maximum Gasteiger partial charge on any atom is 0.336 e. The average Bonchev–Trinajstić information content (AvgIpc) is 2.82. The fourth-order valence-electron chi connectivity index (χ4n) is 4.03. The minimum absolute atomic E-state index is 0.237. The highest BCUT2D eigenvalue weighted by Crippen LogP contribution is 2.45. The van der Waals surface area contributed by atoms with E-state index in [4.69, 9.17) is 43.8 Å². The van der Waals surface area contributed by atoms with Crippen molar-refractivity contribution >= 4 is 41.4 Å². The Hall–Kier alpha value is -3.56. The Kier molecular flexibility index (Phi) is 7.28. The van der Waals surface area contributed by atoms with Gasteiger partial charge in [-0.3, -0.25) is 0 Å². The maximum atomic E-state index is 13.0. The van der Waals surface area contributed by atoms with Gasteiger partial charge in [0.05, 0.1) is 25.2 Å². The zero-order valence-corrected chi connectivity index (χ0v) is 21.0. The second-order valence-corrected chi connectivity index (χ2v) is 8.68. The quantitative estimate of drug-likeness (QED) is 0.286. The highest BCUT2D eigenvalue weighted by atomic mass is 35.5. The first-order valence-electron chi connectivity index (χ1n) is 10.9. The number of aromatic amines is 1. The number of methoxy groups -OCH3 is 1. The highest BCUT2D eigenvalue weighted by Gasteiger charge is 2.36. The van der Waals surface area contributed by atoms with Crippen LogP contribution in [-0.2, 0) is 16.1 Å². The van der Waals surface area contributed by atoms with Crippen LogP contribution in [0.2, 0.25) is 5.02 Å². The second kappa shape index (κ2) is 10.4. The largest absolute Gasteiger partial charge is 0.493 e. The van der Waals surface area contributed by atoms with Crippen molar-refractivity contribution in [3.05, 3.63) is 80.2 Å². The molecule has 0 fully saturated rings. The number of nitrogens with two attached hydrogens (primary N) is 1. The van der Waals surface area contributed by atoms with E-state index in [0.29, 0.717) is 51.6 Å². The van der Waals surface area contributed by atoms with E-state index < -0.39 is 11.9 Å². The van der Waals surface area contributed by atoms with Crippen molar-refractivity contribution in [1.29, 1.82) is 0 Å². The Morgan fingerprint density at radius 2 is 1.94 bits per heavy atom. The molecule has 1 unspecified atom stereocenters. The second-order valence-electron chi connectivity index (χ2n) is 7.86. The minimum atomic E-state index is -0.566. The van der Waals surface area contributed by atoms with E-state index in [-0.39, 0.29) is 11.4 Å². The molecule has 3 aromatic rings. The molecule has 2 heterocycles. The van der Waals surface area contributed by atoms with Gasteiger partial charge in [-0.1, -0.05) is 29.8 Å². The fraction of sp³-hybridized carbons (Fsp3) is 0.240. The van der Waals surface area contributed by atoms with Crippen molar-refractivity contribution in [2.45, 2.75) is 26.4 Å². The molecule has 182 valence electrons. The minimum Gasteiger partial charge on any atom is -0.493 e. The molecule has 0 aliphatic carbocycles. The van der Waals surface area contributed by atoms with Crippen LogP contribution in [0.15, 0.2) is 53.7 Å². The number of H-pyrrole nitrogens is 1. The number of carbonyl (C=O) groups is 1. The van der Waals surface area contributed by atoms with Crippen molar-refractivity contribution in [1.82, 2.24) is 9.97 Å². The molecule has 35 heavy (non-hydrogen) atoms. The topological polar surface area (TPSA) is 111 Å². The molecule has 1 atom stereocenters. The lowest BCUT2D eigenvalue weighted by Crippen LogP contribution is -2.26. The summed E-state index contributed by atoms with van der Waals surface area (Å²) >= 11 is 11.2. The summed E-state index contributed by atoms with van der Waals surface area (Å²) in [7, 11) is 1.56. The molecule has 0 saturated carbocycles. The van der Waals surface area contributed by atoms with Crippen LogP contribution in [0.3, 0.4) is 0 Å².